The van der Waals surface area contributed by atoms with E-state index in [0.717, 1.165) is 10.4 Å². The van der Waals surface area contributed by atoms with Crippen molar-refractivity contribution in [2.45, 2.75) is 11.3 Å². The number of halogens is 3. The highest BCUT2D eigenvalue weighted by molar-refractivity contribution is 7.99. The summed E-state index contributed by atoms with van der Waals surface area (Å²) in [6.07, 6.45) is -5.71. The molecule has 3 aromatic rings. The topological polar surface area (TPSA) is 73.2 Å². The van der Waals surface area contributed by atoms with Gasteiger partial charge in [-0.3, -0.25) is 9.36 Å². The Morgan fingerprint density at radius 1 is 1.39 bits per heavy atom. The van der Waals surface area contributed by atoms with E-state index in [2.05, 4.69) is 15.0 Å². The summed E-state index contributed by atoms with van der Waals surface area (Å²) < 4.78 is 41.4. The van der Waals surface area contributed by atoms with Crippen LogP contribution in [0.4, 0.5) is 18.0 Å². The predicted molar refractivity (Wildman–Crippen MR) is 104 cm³/mol. The molecule has 0 aliphatic heterocycles. The molecule has 12 heteroatoms. The lowest BCUT2D eigenvalue weighted by Gasteiger charge is -2.10. The molecule has 0 aliphatic carbocycles. The van der Waals surface area contributed by atoms with E-state index in [4.69, 9.17) is 0 Å². The second kappa shape index (κ2) is 8.53. The number of ether oxygens (including phenoxy) is 1. The monoisotopic (exact) mass is 449 g/mol. The average Bonchev–Trinajstić information content (AvgIpc) is 3.29. The van der Waals surface area contributed by atoms with Gasteiger partial charge in [-0.15, -0.1) is 22.7 Å². The highest BCUT2D eigenvalue weighted by Gasteiger charge is 2.29. The predicted octanol–water partition coefficient (Wildman–Crippen LogP) is 4.10. The molecule has 0 spiro atoms. The molecule has 0 radical (unpaired) electrons. The Morgan fingerprint density at radius 3 is 2.86 bits per heavy atom. The number of carbonyl (C=O) groups excluding carboxylic acids is 1. The molecule has 6 nitrogen and oxygen atoms in total. The van der Waals surface area contributed by atoms with Gasteiger partial charge in [-0.25, -0.2) is 9.78 Å². The highest BCUT2D eigenvalue weighted by atomic mass is 32.2. The Labute approximate surface area is 169 Å². The van der Waals surface area contributed by atoms with Crippen LogP contribution >= 0.6 is 34.4 Å². The Kier molecular flexibility index (Phi) is 6.30. The number of carbonyl (C=O) groups is 1. The molecule has 0 aliphatic rings. The van der Waals surface area contributed by atoms with Gasteiger partial charge in [0.1, 0.15) is 4.83 Å². The van der Waals surface area contributed by atoms with E-state index in [1.54, 1.807) is 18.4 Å². The molecule has 3 heterocycles. The van der Waals surface area contributed by atoms with Gasteiger partial charge in [0.15, 0.2) is 11.8 Å². The van der Waals surface area contributed by atoms with Gasteiger partial charge >= 0.3 is 12.3 Å². The van der Waals surface area contributed by atoms with Crippen molar-refractivity contribution in [2.24, 2.45) is 7.05 Å². The Morgan fingerprint density at radius 2 is 2.18 bits per heavy atom. The van der Waals surface area contributed by atoms with Crippen molar-refractivity contribution < 1.29 is 22.7 Å². The standard InChI is InChI=1S/C16H14F3N3O3S3/c1-22-13(23)11-9(10-3-2-5-26-10)7-28-12(11)21-14(22)27-6-4-20-15(24)25-8-16(17,18)19/h2-3,5,7H,4,6,8H2,1H3,(H,20,24). The maximum absolute atomic E-state index is 12.8. The first-order valence-corrected chi connectivity index (χ1v) is 10.6. The van der Waals surface area contributed by atoms with E-state index in [1.165, 1.54) is 27.7 Å². The molecule has 1 amide bonds. The lowest BCUT2D eigenvalue weighted by atomic mass is 10.2. The molecule has 3 rings (SSSR count). The van der Waals surface area contributed by atoms with Gasteiger partial charge in [0.2, 0.25) is 0 Å². The van der Waals surface area contributed by atoms with Crippen molar-refractivity contribution in [2.75, 3.05) is 18.9 Å². The molecular weight excluding hydrogens is 435 g/mol. The number of rotatable bonds is 6. The second-order valence-corrected chi connectivity index (χ2v) is 8.40. The number of nitrogens with zero attached hydrogens (tertiary/aromatic N) is 2. The quantitative estimate of drug-likeness (QED) is 0.348. The third-order valence-corrected chi connectivity index (χ3v) is 6.34. The number of hydrogen-bond donors (Lipinski definition) is 1. The summed E-state index contributed by atoms with van der Waals surface area (Å²) in [6.45, 7) is -1.57. The zero-order chi connectivity index (χ0) is 20.3. The van der Waals surface area contributed by atoms with Crippen molar-refractivity contribution in [3.05, 3.63) is 33.2 Å². The summed E-state index contributed by atoms with van der Waals surface area (Å²) in [7, 11) is 1.61. The number of thiophene rings is 2. The highest BCUT2D eigenvalue weighted by Crippen LogP contribution is 2.34. The van der Waals surface area contributed by atoms with Crippen LogP contribution in [-0.4, -0.2) is 40.7 Å². The van der Waals surface area contributed by atoms with E-state index in [-0.39, 0.29) is 12.1 Å². The number of aromatic nitrogens is 2. The van der Waals surface area contributed by atoms with Gasteiger partial charge in [-0.2, -0.15) is 13.2 Å². The average molecular weight is 450 g/mol. The Bertz CT molecular complexity index is 1030. The summed E-state index contributed by atoms with van der Waals surface area (Å²) in [5, 5.41) is 7.09. The number of amides is 1. The number of alkyl carbamates (subject to hydrolysis) is 1. The maximum Gasteiger partial charge on any atom is 0.422 e. The Hall–Kier alpha value is -2.05. The summed E-state index contributed by atoms with van der Waals surface area (Å²) in [6, 6.07) is 3.86. The smallest absolute Gasteiger partial charge is 0.422 e. The molecule has 0 bridgehead atoms. The van der Waals surface area contributed by atoms with E-state index in [0.29, 0.717) is 21.1 Å². The van der Waals surface area contributed by atoms with Gasteiger partial charge in [-0.05, 0) is 11.4 Å². The van der Waals surface area contributed by atoms with Crippen LogP contribution in [0.1, 0.15) is 0 Å². The first-order valence-electron chi connectivity index (χ1n) is 7.88. The van der Waals surface area contributed by atoms with E-state index < -0.39 is 18.9 Å². The number of hydrogen-bond acceptors (Lipinski definition) is 7. The van der Waals surface area contributed by atoms with E-state index in [9.17, 15) is 22.8 Å². The van der Waals surface area contributed by atoms with Crippen molar-refractivity contribution in [3.63, 3.8) is 0 Å². The van der Waals surface area contributed by atoms with Crippen molar-refractivity contribution in [1.82, 2.24) is 14.9 Å². The fourth-order valence-electron chi connectivity index (χ4n) is 2.29. The van der Waals surface area contributed by atoms with Crippen LogP contribution in [0.3, 0.4) is 0 Å². The van der Waals surface area contributed by atoms with Crippen molar-refractivity contribution >= 4 is 50.7 Å². The van der Waals surface area contributed by atoms with Gasteiger partial charge in [0, 0.05) is 35.2 Å². The normalized spacial score (nSPS) is 11.7. The fourth-order valence-corrected chi connectivity index (χ4v) is 4.92. The van der Waals surface area contributed by atoms with Crippen LogP contribution in [-0.2, 0) is 11.8 Å². The van der Waals surface area contributed by atoms with Crippen LogP contribution in [0.5, 0.6) is 0 Å². The summed E-state index contributed by atoms with van der Waals surface area (Å²) in [5.41, 5.74) is 0.684. The molecule has 0 aromatic carbocycles. The molecule has 150 valence electrons. The van der Waals surface area contributed by atoms with Gasteiger partial charge in [-0.1, -0.05) is 17.8 Å². The van der Waals surface area contributed by atoms with Gasteiger partial charge < -0.3 is 10.1 Å². The fraction of sp³-hybridized carbons (Fsp3) is 0.312. The van der Waals surface area contributed by atoms with Crippen LogP contribution in [0.15, 0.2) is 32.8 Å². The number of fused-ring (bicyclic) bond motifs is 1. The van der Waals surface area contributed by atoms with Crippen LogP contribution in [0.2, 0.25) is 0 Å². The summed E-state index contributed by atoms with van der Waals surface area (Å²) in [4.78, 5) is 30.1. The number of nitrogens with one attached hydrogen (secondary N) is 1. The number of alkyl halides is 3. The first kappa shape index (κ1) is 20.7. The number of thioether (sulfide) groups is 1. The second-order valence-electron chi connectivity index (χ2n) is 5.53. The molecular formula is C16H14F3N3O3S3. The SMILES string of the molecule is Cn1c(SCCNC(=O)OCC(F)(F)F)nc2scc(-c3cccs3)c2c1=O. The molecule has 0 saturated heterocycles. The summed E-state index contributed by atoms with van der Waals surface area (Å²) >= 11 is 4.13. The lowest BCUT2D eigenvalue weighted by Crippen LogP contribution is -2.30. The third-order valence-electron chi connectivity index (χ3n) is 3.53. The minimum atomic E-state index is -4.56. The van der Waals surface area contributed by atoms with E-state index in [1.807, 2.05) is 22.9 Å². The molecule has 3 aromatic heterocycles. The van der Waals surface area contributed by atoms with Crippen LogP contribution in [0, 0.1) is 0 Å². The van der Waals surface area contributed by atoms with Crippen molar-refractivity contribution in [3.8, 4) is 10.4 Å². The molecule has 0 saturated carbocycles. The zero-order valence-electron chi connectivity index (χ0n) is 14.4. The third kappa shape index (κ3) is 4.86. The van der Waals surface area contributed by atoms with Crippen LogP contribution in [0.25, 0.3) is 20.7 Å². The maximum atomic E-state index is 12.8. The van der Waals surface area contributed by atoms with Gasteiger partial charge in [0.05, 0.1) is 5.39 Å². The van der Waals surface area contributed by atoms with Gasteiger partial charge in [0.25, 0.3) is 5.56 Å². The minimum Gasteiger partial charge on any atom is -0.440 e. The molecule has 0 unspecified atom stereocenters. The molecule has 28 heavy (non-hydrogen) atoms. The molecule has 1 N–H and O–H groups in total. The summed E-state index contributed by atoms with van der Waals surface area (Å²) in [5.74, 6) is 0.316. The van der Waals surface area contributed by atoms with E-state index >= 15 is 0 Å². The minimum absolute atomic E-state index is 0.0696. The first-order chi connectivity index (χ1) is 13.3. The Balaban J connectivity index is 1.64. The molecule has 0 fully saturated rings. The lowest BCUT2D eigenvalue weighted by molar-refractivity contribution is -0.160. The largest absolute Gasteiger partial charge is 0.440 e. The van der Waals surface area contributed by atoms with Crippen molar-refractivity contribution in [1.29, 1.82) is 0 Å². The molecule has 0 atom stereocenters. The zero-order valence-corrected chi connectivity index (χ0v) is 16.9. The van der Waals surface area contributed by atoms with Crippen LogP contribution < -0.4 is 10.9 Å².